The quantitative estimate of drug-likeness (QED) is 0.746. The second-order valence-electron chi connectivity index (χ2n) is 5.62. The second-order valence-corrected chi connectivity index (χ2v) is 7.31. The van der Waals surface area contributed by atoms with Crippen molar-refractivity contribution in [2.24, 2.45) is 0 Å². The SMILES string of the molecule is O=C1NCc2ccccc21.O=S(=O)(Nc1ccccc1)c1ccccc1. The Morgan fingerprint density at radius 1 is 0.769 bits per heavy atom. The number of benzene rings is 3. The van der Waals surface area contributed by atoms with Gasteiger partial charge in [-0.3, -0.25) is 9.52 Å². The lowest BCUT2D eigenvalue weighted by atomic mass is 10.1. The van der Waals surface area contributed by atoms with Crippen molar-refractivity contribution < 1.29 is 13.2 Å². The van der Waals surface area contributed by atoms with Crippen LogP contribution in [0.3, 0.4) is 0 Å². The van der Waals surface area contributed by atoms with Gasteiger partial charge in [-0.2, -0.15) is 0 Å². The lowest BCUT2D eigenvalue weighted by molar-refractivity contribution is 0.0965. The molecule has 0 aromatic heterocycles. The van der Waals surface area contributed by atoms with Gasteiger partial charge in [-0.15, -0.1) is 0 Å². The first-order valence-electron chi connectivity index (χ1n) is 8.05. The summed E-state index contributed by atoms with van der Waals surface area (Å²) in [4.78, 5) is 11.2. The Morgan fingerprint density at radius 2 is 1.35 bits per heavy atom. The van der Waals surface area contributed by atoms with Gasteiger partial charge in [0.15, 0.2) is 0 Å². The first kappa shape index (κ1) is 17.7. The van der Waals surface area contributed by atoms with Crippen LogP contribution in [0, 0.1) is 0 Å². The minimum Gasteiger partial charge on any atom is -0.348 e. The van der Waals surface area contributed by atoms with Crippen molar-refractivity contribution in [3.8, 4) is 0 Å². The molecular formula is C20H18N2O3S. The van der Waals surface area contributed by atoms with Crippen LogP contribution in [-0.4, -0.2) is 14.3 Å². The molecule has 0 saturated carbocycles. The first-order chi connectivity index (χ1) is 12.6. The van der Waals surface area contributed by atoms with E-state index in [-0.39, 0.29) is 10.8 Å². The number of rotatable bonds is 3. The van der Waals surface area contributed by atoms with Gasteiger partial charge < -0.3 is 5.32 Å². The van der Waals surface area contributed by atoms with Crippen LogP contribution in [0.4, 0.5) is 5.69 Å². The molecule has 0 atom stereocenters. The van der Waals surface area contributed by atoms with E-state index in [0.717, 1.165) is 11.1 Å². The van der Waals surface area contributed by atoms with Gasteiger partial charge >= 0.3 is 0 Å². The molecule has 0 bridgehead atoms. The number of sulfonamides is 1. The highest BCUT2D eigenvalue weighted by atomic mass is 32.2. The van der Waals surface area contributed by atoms with E-state index in [1.54, 1.807) is 54.6 Å². The summed E-state index contributed by atoms with van der Waals surface area (Å²) in [5.74, 6) is 0.0515. The molecule has 3 aromatic carbocycles. The van der Waals surface area contributed by atoms with Crippen molar-refractivity contribution >= 4 is 21.6 Å². The number of fused-ring (bicyclic) bond motifs is 1. The number of anilines is 1. The molecule has 1 heterocycles. The van der Waals surface area contributed by atoms with E-state index < -0.39 is 10.0 Å². The van der Waals surface area contributed by atoms with E-state index in [4.69, 9.17) is 0 Å². The van der Waals surface area contributed by atoms with Crippen LogP contribution < -0.4 is 10.0 Å². The van der Waals surface area contributed by atoms with Gasteiger partial charge in [-0.1, -0.05) is 54.6 Å². The van der Waals surface area contributed by atoms with Crippen molar-refractivity contribution in [1.29, 1.82) is 0 Å². The molecule has 1 amide bonds. The normalized spacial score (nSPS) is 12.4. The maximum absolute atomic E-state index is 11.9. The Morgan fingerprint density at radius 3 is 2.00 bits per heavy atom. The summed E-state index contributed by atoms with van der Waals surface area (Å²) in [5, 5.41) is 2.75. The molecule has 0 radical (unpaired) electrons. The van der Waals surface area contributed by atoms with Gasteiger partial charge in [-0.05, 0) is 35.9 Å². The summed E-state index contributed by atoms with van der Waals surface area (Å²) in [6.07, 6.45) is 0. The third kappa shape index (κ3) is 4.29. The Bertz CT molecular complexity index is 988. The summed E-state index contributed by atoms with van der Waals surface area (Å²) in [5.41, 5.74) is 2.49. The number of nitrogens with one attached hydrogen (secondary N) is 2. The van der Waals surface area contributed by atoms with Crippen LogP contribution in [-0.2, 0) is 16.6 Å². The van der Waals surface area contributed by atoms with Gasteiger partial charge in [0.25, 0.3) is 15.9 Å². The Labute approximate surface area is 152 Å². The summed E-state index contributed by atoms with van der Waals surface area (Å²) in [6, 6.07) is 24.7. The predicted octanol–water partition coefficient (Wildman–Crippen LogP) is 3.42. The molecule has 0 unspecified atom stereocenters. The third-order valence-electron chi connectivity index (χ3n) is 3.78. The average molecular weight is 366 g/mol. The summed E-state index contributed by atoms with van der Waals surface area (Å²) >= 11 is 0. The molecule has 0 aliphatic carbocycles. The Kier molecular flexibility index (Phi) is 5.34. The van der Waals surface area contributed by atoms with Gasteiger partial charge in [0.1, 0.15) is 0 Å². The van der Waals surface area contributed by atoms with Crippen LogP contribution in [0.2, 0.25) is 0 Å². The molecular weight excluding hydrogens is 348 g/mol. The van der Waals surface area contributed by atoms with E-state index in [1.165, 1.54) is 0 Å². The summed E-state index contributed by atoms with van der Waals surface area (Å²) in [6.45, 7) is 0.689. The molecule has 1 aliphatic heterocycles. The number of hydrogen-bond acceptors (Lipinski definition) is 3. The fraction of sp³-hybridized carbons (Fsp3) is 0.0500. The van der Waals surface area contributed by atoms with Crippen molar-refractivity contribution in [2.45, 2.75) is 11.4 Å². The van der Waals surface area contributed by atoms with E-state index >= 15 is 0 Å². The molecule has 132 valence electrons. The fourth-order valence-corrected chi connectivity index (χ4v) is 3.57. The minimum atomic E-state index is -3.46. The molecule has 0 spiro atoms. The molecule has 26 heavy (non-hydrogen) atoms. The fourth-order valence-electron chi connectivity index (χ4n) is 2.49. The van der Waals surface area contributed by atoms with Crippen LogP contribution in [0.1, 0.15) is 15.9 Å². The predicted molar refractivity (Wildman–Crippen MR) is 101 cm³/mol. The van der Waals surface area contributed by atoms with E-state index in [2.05, 4.69) is 10.0 Å². The molecule has 1 aliphatic rings. The number of hydrogen-bond donors (Lipinski definition) is 2. The van der Waals surface area contributed by atoms with Gasteiger partial charge in [0.2, 0.25) is 0 Å². The van der Waals surface area contributed by atoms with E-state index in [0.29, 0.717) is 12.2 Å². The molecule has 0 saturated heterocycles. The molecule has 5 nitrogen and oxygen atoms in total. The average Bonchev–Trinajstić information content (AvgIpc) is 3.05. The smallest absolute Gasteiger partial charge is 0.261 e. The highest BCUT2D eigenvalue weighted by molar-refractivity contribution is 7.92. The third-order valence-corrected chi connectivity index (χ3v) is 5.18. The standard InChI is InChI=1S/C12H11NO2S.C8H7NO/c14-16(15,12-9-5-2-6-10-12)13-11-7-3-1-4-8-11;10-8-7-4-2-1-3-6(7)5-9-8/h1-10,13H;1-4H,5H2,(H,9,10). The van der Waals surface area contributed by atoms with Crippen LogP contribution in [0.25, 0.3) is 0 Å². The second kappa shape index (κ2) is 7.84. The molecule has 0 fully saturated rings. The zero-order valence-corrected chi connectivity index (χ0v) is 14.7. The van der Waals surface area contributed by atoms with Crippen molar-refractivity contribution in [2.75, 3.05) is 4.72 Å². The minimum absolute atomic E-state index is 0.0515. The monoisotopic (exact) mass is 366 g/mol. The van der Waals surface area contributed by atoms with Gasteiger partial charge in [0, 0.05) is 17.8 Å². The van der Waals surface area contributed by atoms with Crippen LogP contribution in [0.5, 0.6) is 0 Å². The van der Waals surface area contributed by atoms with Crippen molar-refractivity contribution in [1.82, 2.24) is 5.32 Å². The Balaban J connectivity index is 0.000000167. The molecule has 4 rings (SSSR count). The highest BCUT2D eigenvalue weighted by Gasteiger charge is 2.16. The van der Waals surface area contributed by atoms with Gasteiger partial charge in [-0.25, -0.2) is 8.42 Å². The lowest BCUT2D eigenvalue weighted by Gasteiger charge is -2.07. The molecule has 6 heteroatoms. The van der Waals surface area contributed by atoms with E-state index in [9.17, 15) is 13.2 Å². The van der Waals surface area contributed by atoms with Crippen molar-refractivity contribution in [3.63, 3.8) is 0 Å². The molecule has 3 aromatic rings. The van der Waals surface area contributed by atoms with Crippen molar-refractivity contribution in [3.05, 3.63) is 96.1 Å². The largest absolute Gasteiger partial charge is 0.348 e. The maximum Gasteiger partial charge on any atom is 0.261 e. The first-order valence-corrected chi connectivity index (χ1v) is 9.53. The lowest BCUT2D eigenvalue weighted by Crippen LogP contribution is -2.12. The Hall–Kier alpha value is -3.12. The number of carbonyl (C=O) groups is 1. The molecule has 2 N–H and O–H groups in total. The van der Waals surface area contributed by atoms with Crippen LogP contribution in [0.15, 0.2) is 89.8 Å². The number of amides is 1. The topological polar surface area (TPSA) is 75.3 Å². The van der Waals surface area contributed by atoms with E-state index in [1.807, 2.05) is 30.3 Å². The van der Waals surface area contributed by atoms with Crippen LogP contribution >= 0.6 is 0 Å². The zero-order chi connectivity index (χ0) is 18.4. The number of para-hydroxylation sites is 1. The highest BCUT2D eigenvalue weighted by Crippen LogP contribution is 2.15. The summed E-state index contributed by atoms with van der Waals surface area (Å²) < 4.78 is 26.3. The summed E-state index contributed by atoms with van der Waals surface area (Å²) in [7, 11) is -3.46. The zero-order valence-electron chi connectivity index (χ0n) is 13.9. The maximum atomic E-state index is 11.9. The number of carbonyl (C=O) groups excluding carboxylic acids is 1. The van der Waals surface area contributed by atoms with Gasteiger partial charge in [0.05, 0.1) is 4.90 Å².